The van der Waals surface area contributed by atoms with Crippen LogP contribution in [-0.2, 0) is 16.6 Å². The lowest BCUT2D eigenvalue weighted by Crippen LogP contribution is -2.32. The molecular formula is C15H12BrCl2NO5S. The predicted molar refractivity (Wildman–Crippen MR) is 95.6 cm³/mol. The van der Waals surface area contributed by atoms with Crippen LogP contribution in [0.4, 0.5) is 0 Å². The maximum Gasteiger partial charge on any atom is 0.338 e. The van der Waals surface area contributed by atoms with E-state index in [1.165, 1.54) is 22.5 Å². The highest BCUT2D eigenvalue weighted by atomic mass is 79.9. The number of rotatable bonds is 6. The Balaban J connectivity index is 1.97. The second kappa shape index (κ2) is 6.92. The van der Waals surface area contributed by atoms with Crippen LogP contribution in [0.2, 0.25) is 10.0 Å². The molecule has 10 heteroatoms. The van der Waals surface area contributed by atoms with Gasteiger partial charge in [0.2, 0.25) is 10.0 Å². The minimum Gasteiger partial charge on any atom is -0.478 e. The van der Waals surface area contributed by atoms with Crippen molar-refractivity contribution in [2.24, 2.45) is 0 Å². The largest absolute Gasteiger partial charge is 0.478 e. The van der Waals surface area contributed by atoms with E-state index in [2.05, 4.69) is 15.9 Å². The molecule has 0 atom stereocenters. The Bertz CT molecular complexity index is 939. The van der Waals surface area contributed by atoms with Gasteiger partial charge in [0.05, 0.1) is 22.2 Å². The summed E-state index contributed by atoms with van der Waals surface area (Å²) in [5.74, 6) is -0.897. The molecule has 1 fully saturated rings. The van der Waals surface area contributed by atoms with Gasteiger partial charge >= 0.3 is 5.97 Å². The Kier molecular flexibility index (Phi) is 5.18. The van der Waals surface area contributed by atoms with Gasteiger partial charge in [-0.1, -0.05) is 23.2 Å². The molecule has 0 amide bonds. The van der Waals surface area contributed by atoms with Crippen LogP contribution in [0.15, 0.2) is 38.2 Å². The number of carbonyl (C=O) groups is 1. The zero-order valence-corrected chi connectivity index (χ0v) is 16.5. The standard InChI is InChI=1S/C15H12BrCl2NO5S/c16-11-4-13(18)14(5-12(11)17)25(22,23)19(9-1-2-9)6-10-3-8(7-24-10)15(20)21/h3-5,7,9H,1-2,6H2,(H,20,21). The first-order chi connectivity index (χ1) is 11.7. The zero-order valence-electron chi connectivity index (χ0n) is 12.6. The highest BCUT2D eigenvalue weighted by molar-refractivity contribution is 9.10. The monoisotopic (exact) mass is 467 g/mol. The number of hydrogen-bond donors (Lipinski definition) is 1. The van der Waals surface area contributed by atoms with E-state index >= 15 is 0 Å². The molecular weight excluding hydrogens is 457 g/mol. The van der Waals surface area contributed by atoms with Gasteiger partial charge in [-0.05, 0) is 47.0 Å². The van der Waals surface area contributed by atoms with Crippen molar-refractivity contribution < 1.29 is 22.7 Å². The molecule has 0 saturated heterocycles. The van der Waals surface area contributed by atoms with Gasteiger partial charge in [-0.3, -0.25) is 0 Å². The van der Waals surface area contributed by atoms with E-state index in [0.29, 0.717) is 17.3 Å². The van der Waals surface area contributed by atoms with E-state index in [1.807, 2.05) is 0 Å². The molecule has 1 aliphatic carbocycles. The minimum absolute atomic E-state index is 0.0344. The van der Waals surface area contributed by atoms with Gasteiger partial charge in [0.25, 0.3) is 0 Å². The van der Waals surface area contributed by atoms with Gasteiger partial charge in [-0.25, -0.2) is 13.2 Å². The van der Waals surface area contributed by atoms with E-state index in [-0.39, 0.29) is 38.9 Å². The number of halogens is 3. The molecule has 1 heterocycles. The Morgan fingerprint density at radius 3 is 2.52 bits per heavy atom. The lowest BCUT2D eigenvalue weighted by Gasteiger charge is -2.21. The Morgan fingerprint density at radius 2 is 1.96 bits per heavy atom. The summed E-state index contributed by atoms with van der Waals surface area (Å²) in [6.45, 7) is -0.0791. The number of carboxylic acids is 1. The molecule has 0 radical (unpaired) electrons. The second-order valence-corrected chi connectivity index (χ2v) is 9.11. The molecule has 0 bridgehead atoms. The van der Waals surface area contributed by atoms with Crippen LogP contribution < -0.4 is 0 Å². The zero-order chi connectivity index (χ0) is 18.4. The summed E-state index contributed by atoms with van der Waals surface area (Å²) in [4.78, 5) is 10.9. The predicted octanol–water partition coefficient (Wildman–Crippen LogP) is 4.40. The number of furan rings is 1. The Hall–Kier alpha value is -1.06. The Morgan fingerprint density at radius 1 is 1.28 bits per heavy atom. The number of nitrogens with zero attached hydrogens (tertiary/aromatic N) is 1. The number of sulfonamides is 1. The molecule has 25 heavy (non-hydrogen) atoms. The first kappa shape index (κ1) is 18.7. The second-order valence-electron chi connectivity index (χ2n) is 5.59. The molecule has 1 aromatic heterocycles. The smallest absolute Gasteiger partial charge is 0.338 e. The van der Waals surface area contributed by atoms with Gasteiger partial charge in [0, 0.05) is 10.5 Å². The fourth-order valence-electron chi connectivity index (χ4n) is 2.33. The summed E-state index contributed by atoms with van der Waals surface area (Å²) in [6.07, 6.45) is 2.51. The van der Waals surface area contributed by atoms with Crippen LogP contribution >= 0.6 is 39.1 Å². The molecule has 1 aromatic carbocycles. The van der Waals surface area contributed by atoms with Gasteiger partial charge in [-0.15, -0.1) is 0 Å². The summed E-state index contributed by atoms with van der Waals surface area (Å²) in [6, 6.07) is 3.85. The van der Waals surface area contributed by atoms with E-state index < -0.39 is 16.0 Å². The van der Waals surface area contributed by atoms with Crippen molar-refractivity contribution in [1.29, 1.82) is 0 Å². The van der Waals surface area contributed by atoms with E-state index in [1.54, 1.807) is 0 Å². The number of hydrogen-bond acceptors (Lipinski definition) is 4. The van der Waals surface area contributed by atoms with E-state index in [0.717, 1.165) is 6.26 Å². The molecule has 0 unspecified atom stereocenters. The van der Waals surface area contributed by atoms with Gasteiger partial charge < -0.3 is 9.52 Å². The summed E-state index contributed by atoms with van der Waals surface area (Å²) in [5.41, 5.74) is -0.0344. The molecule has 0 spiro atoms. The quantitative estimate of drug-likeness (QED) is 0.634. The van der Waals surface area contributed by atoms with Crippen molar-refractivity contribution in [3.05, 3.63) is 50.3 Å². The van der Waals surface area contributed by atoms with Crippen LogP contribution in [0.25, 0.3) is 0 Å². The summed E-state index contributed by atoms with van der Waals surface area (Å²) < 4.78 is 33.1. The van der Waals surface area contributed by atoms with Crippen molar-refractivity contribution >= 4 is 55.1 Å². The molecule has 6 nitrogen and oxygen atoms in total. The molecule has 1 saturated carbocycles. The molecule has 1 N–H and O–H groups in total. The number of benzene rings is 1. The van der Waals surface area contributed by atoms with Crippen LogP contribution in [-0.4, -0.2) is 29.8 Å². The van der Waals surface area contributed by atoms with Crippen LogP contribution in [0.5, 0.6) is 0 Å². The molecule has 1 aliphatic rings. The summed E-state index contributed by atoms with van der Waals surface area (Å²) in [5, 5.41) is 9.23. The van der Waals surface area contributed by atoms with E-state index in [9.17, 15) is 13.2 Å². The van der Waals surface area contributed by atoms with Gasteiger partial charge in [0.1, 0.15) is 16.9 Å². The third-order valence-corrected chi connectivity index (χ3v) is 7.29. The SMILES string of the molecule is O=C(O)c1coc(CN(C2CC2)S(=O)(=O)c2cc(Cl)c(Br)cc2Cl)c1. The van der Waals surface area contributed by atoms with E-state index in [4.69, 9.17) is 32.7 Å². The van der Waals surface area contributed by atoms with Crippen molar-refractivity contribution in [1.82, 2.24) is 4.31 Å². The average molecular weight is 469 g/mol. The van der Waals surface area contributed by atoms with Gasteiger partial charge in [-0.2, -0.15) is 4.31 Å². The average Bonchev–Trinajstić information content (AvgIpc) is 3.25. The third kappa shape index (κ3) is 3.88. The van der Waals surface area contributed by atoms with Crippen LogP contribution in [0, 0.1) is 0 Å². The molecule has 3 rings (SSSR count). The normalized spacial score (nSPS) is 14.9. The number of carboxylic acid groups (broad SMARTS) is 1. The lowest BCUT2D eigenvalue weighted by molar-refractivity contribution is 0.0696. The maximum absolute atomic E-state index is 13.1. The molecule has 2 aromatic rings. The van der Waals surface area contributed by atoms with Crippen LogP contribution in [0.1, 0.15) is 29.0 Å². The third-order valence-electron chi connectivity index (χ3n) is 3.73. The van der Waals surface area contributed by atoms with Crippen molar-refractivity contribution in [3.8, 4) is 0 Å². The van der Waals surface area contributed by atoms with Crippen molar-refractivity contribution in [3.63, 3.8) is 0 Å². The highest BCUT2D eigenvalue weighted by Gasteiger charge is 2.39. The Labute approximate surface area is 162 Å². The minimum atomic E-state index is -3.93. The van der Waals surface area contributed by atoms with Crippen molar-refractivity contribution in [2.45, 2.75) is 30.3 Å². The summed E-state index contributed by atoms with van der Waals surface area (Å²) >= 11 is 15.3. The molecule has 134 valence electrons. The maximum atomic E-state index is 13.1. The first-order valence-electron chi connectivity index (χ1n) is 7.17. The topological polar surface area (TPSA) is 87.8 Å². The molecule has 0 aliphatic heterocycles. The highest BCUT2D eigenvalue weighted by Crippen LogP contribution is 2.38. The summed E-state index contributed by atoms with van der Waals surface area (Å²) in [7, 11) is -3.93. The van der Waals surface area contributed by atoms with Crippen LogP contribution in [0.3, 0.4) is 0 Å². The fourth-order valence-corrected chi connectivity index (χ4v) is 5.22. The van der Waals surface area contributed by atoms with Gasteiger partial charge in [0.15, 0.2) is 0 Å². The first-order valence-corrected chi connectivity index (χ1v) is 10.2. The fraction of sp³-hybridized carbons (Fsp3) is 0.267. The van der Waals surface area contributed by atoms with Crippen molar-refractivity contribution in [2.75, 3.05) is 0 Å². The lowest BCUT2D eigenvalue weighted by atomic mass is 10.3. The number of aromatic carboxylic acids is 1.